The lowest BCUT2D eigenvalue weighted by Crippen LogP contribution is -2.47. The third-order valence-corrected chi connectivity index (χ3v) is 3.43. The highest BCUT2D eigenvalue weighted by atomic mass is 16.5. The Bertz CT molecular complexity index is 629. The molecule has 2 aromatic rings. The minimum Gasteiger partial charge on any atom is -0.366 e. The molecule has 116 valence electrons. The summed E-state index contributed by atoms with van der Waals surface area (Å²) < 4.78 is 11.0. The molecule has 0 aliphatic carbocycles. The van der Waals surface area contributed by atoms with Gasteiger partial charge in [-0.05, 0) is 19.1 Å². The number of ether oxygens (including phenoxy) is 1. The Morgan fingerprint density at radius 2 is 2.23 bits per heavy atom. The standard InChI is InChI=1S/C15H18N4O3/c1-2-16-15(20)19-8-9-21-12(10-19)13-17-14(22-18-13)11-6-4-3-5-7-11/h3-7,12H,2,8-10H2,1H3,(H,16,20)/t12-/m0/s1. The second kappa shape index (κ2) is 6.57. The number of carbonyl (C=O) groups is 1. The number of urea groups is 1. The van der Waals surface area contributed by atoms with Crippen LogP contribution in [0, 0.1) is 0 Å². The van der Waals surface area contributed by atoms with E-state index in [-0.39, 0.29) is 12.1 Å². The lowest BCUT2D eigenvalue weighted by Gasteiger charge is -2.31. The first-order valence-corrected chi connectivity index (χ1v) is 7.31. The molecule has 2 heterocycles. The third kappa shape index (κ3) is 3.09. The minimum absolute atomic E-state index is 0.0948. The van der Waals surface area contributed by atoms with Crippen LogP contribution < -0.4 is 5.32 Å². The van der Waals surface area contributed by atoms with E-state index in [1.807, 2.05) is 37.3 Å². The minimum atomic E-state index is -0.363. The van der Waals surface area contributed by atoms with E-state index >= 15 is 0 Å². The number of hydrogen-bond acceptors (Lipinski definition) is 5. The van der Waals surface area contributed by atoms with Gasteiger partial charge in [0, 0.05) is 18.7 Å². The van der Waals surface area contributed by atoms with Gasteiger partial charge in [0.15, 0.2) is 0 Å². The molecule has 0 bridgehead atoms. The summed E-state index contributed by atoms with van der Waals surface area (Å²) in [5.74, 6) is 0.919. The predicted molar refractivity (Wildman–Crippen MR) is 79.1 cm³/mol. The quantitative estimate of drug-likeness (QED) is 0.935. The maximum Gasteiger partial charge on any atom is 0.317 e. The fourth-order valence-corrected chi connectivity index (χ4v) is 2.32. The zero-order chi connectivity index (χ0) is 15.4. The van der Waals surface area contributed by atoms with E-state index in [1.165, 1.54) is 0 Å². The smallest absolute Gasteiger partial charge is 0.317 e. The summed E-state index contributed by atoms with van der Waals surface area (Å²) in [4.78, 5) is 18.0. The molecule has 0 radical (unpaired) electrons. The van der Waals surface area contributed by atoms with Crippen molar-refractivity contribution in [3.8, 4) is 11.5 Å². The summed E-state index contributed by atoms with van der Waals surface area (Å²) in [6, 6.07) is 9.46. The zero-order valence-corrected chi connectivity index (χ0v) is 12.4. The average molecular weight is 302 g/mol. The summed E-state index contributed by atoms with van der Waals surface area (Å²) in [5, 5.41) is 6.77. The first-order valence-electron chi connectivity index (χ1n) is 7.31. The molecule has 1 aliphatic heterocycles. The van der Waals surface area contributed by atoms with Crippen molar-refractivity contribution in [1.29, 1.82) is 0 Å². The summed E-state index contributed by atoms with van der Waals surface area (Å²) in [5.41, 5.74) is 0.859. The van der Waals surface area contributed by atoms with Crippen molar-refractivity contribution >= 4 is 6.03 Å². The van der Waals surface area contributed by atoms with Gasteiger partial charge in [-0.25, -0.2) is 4.79 Å². The van der Waals surface area contributed by atoms with Crippen LogP contribution in [-0.2, 0) is 4.74 Å². The fourth-order valence-electron chi connectivity index (χ4n) is 2.32. The van der Waals surface area contributed by atoms with Gasteiger partial charge in [0.05, 0.1) is 13.2 Å². The van der Waals surface area contributed by atoms with Gasteiger partial charge >= 0.3 is 6.03 Å². The average Bonchev–Trinajstić information content (AvgIpc) is 3.06. The van der Waals surface area contributed by atoms with Gasteiger partial charge in [-0.15, -0.1) is 0 Å². The number of hydrogen-bond donors (Lipinski definition) is 1. The van der Waals surface area contributed by atoms with E-state index in [4.69, 9.17) is 9.26 Å². The normalized spacial score (nSPS) is 18.2. The van der Waals surface area contributed by atoms with E-state index in [0.717, 1.165) is 5.56 Å². The molecule has 7 nitrogen and oxygen atoms in total. The molecule has 0 spiro atoms. The van der Waals surface area contributed by atoms with Crippen LogP contribution in [0.4, 0.5) is 4.79 Å². The van der Waals surface area contributed by atoms with Crippen LogP contribution >= 0.6 is 0 Å². The van der Waals surface area contributed by atoms with Crippen LogP contribution in [0.15, 0.2) is 34.9 Å². The molecule has 0 unspecified atom stereocenters. The van der Waals surface area contributed by atoms with Crippen LogP contribution in [0.3, 0.4) is 0 Å². The van der Waals surface area contributed by atoms with Crippen LogP contribution in [0.2, 0.25) is 0 Å². The van der Waals surface area contributed by atoms with Crippen molar-refractivity contribution in [2.45, 2.75) is 13.0 Å². The molecule has 1 aromatic heterocycles. The fraction of sp³-hybridized carbons (Fsp3) is 0.400. The van der Waals surface area contributed by atoms with E-state index < -0.39 is 0 Å². The number of amides is 2. The van der Waals surface area contributed by atoms with Crippen LogP contribution in [0.25, 0.3) is 11.5 Å². The van der Waals surface area contributed by atoms with Crippen molar-refractivity contribution in [3.05, 3.63) is 36.2 Å². The maximum absolute atomic E-state index is 11.9. The lowest BCUT2D eigenvalue weighted by molar-refractivity contribution is -0.0208. The van der Waals surface area contributed by atoms with Crippen molar-refractivity contribution < 1.29 is 14.1 Å². The number of benzene rings is 1. The maximum atomic E-state index is 11.9. The Labute approximate surface area is 128 Å². The van der Waals surface area contributed by atoms with Crippen molar-refractivity contribution in [2.24, 2.45) is 0 Å². The Balaban J connectivity index is 1.72. The molecule has 1 fully saturated rings. The Kier molecular flexibility index (Phi) is 4.34. The number of nitrogens with zero attached hydrogens (tertiary/aromatic N) is 3. The zero-order valence-electron chi connectivity index (χ0n) is 12.4. The van der Waals surface area contributed by atoms with Crippen LogP contribution in [0.1, 0.15) is 18.9 Å². The van der Waals surface area contributed by atoms with Gasteiger partial charge in [0.1, 0.15) is 6.10 Å². The van der Waals surface area contributed by atoms with E-state index in [2.05, 4.69) is 15.5 Å². The van der Waals surface area contributed by atoms with Crippen molar-refractivity contribution in [2.75, 3.05) is 26.2 Å². The van der Waals surface area contributed by atoms with Gasteiger partial charge in [-0.1, -0.05) is 23.4 Å². The summed E-state index contributed by atoms with van der Waals surface area (Å²) in [6.07, 6.45) is -0.363. The second-order valence-corrected chi connectivity index (χ2v) is 4.96. The third-order valence-electron chi connectivity index (χ3n) is 3.43. The first kappa shape index (κ1) is 14.5. The van der Waals surface area contributed by atoms with Crippen molar-refractivity contribution in [1.82, 2.24) is 20.4 Å². The molecule has 0 saturated carbocycles. The SMILES string of the molecule is CCNC(=O)N1CCO[C@H](c2noc(-c3ccccc3)n2)C1. The molecule has 22 heavy (non-hydrogen) atoms. The monoisotopic (exact) mass is 302 g/mol. The number of aromatic nitrogens is 2. The van der Waals surface area contributed by atoms with E-state index in [9.17, 15) is 4.79 Å². The molecular formula is C15H18N4O3. The molecule has 3 rings (SSSR count). The first-order chi connectivity index (χ1) is 10.8. The largest absolute Gasteiger partial charge is 0.366 e. The van der Waals surface area contributed by atoms with E-state index in [1.54, 1.807) is 4.90 Å². The summed E-state index contributed by atoms with van der Waals surface area (Å²) >= 11 is 0. The number of rotatable bonds is 3. The van der Waals surface area contributed by atoms with Gasteiger partial charge in [-0.2, -0.15) is 4.98 Å². The Hall–Kier alpha value is -2.41. The van der Waals surface area contributed by atoms with Gasteiger partial charge in [0.2, 0.25) is 5.82 Å². The molecule has 2 amide bonds. The number of carbonyl (C=O) groups excluding carboxylic acids is 1. The molecule has 1 aromatic carbocycles. The highest BCUT2D eigenvalue weighted by Crippen LogP contribution is 2.23. The Morgan fingerprint density at radius 1 is 1.41 bits per heavy atom. The summed E-state index contributed by atoms with van der Waals surface area (Å²) in [6.45, 7) is 3.92. The highest BCUT2D eigenvalue weighted by molar-refractivity contribution is 5.74. The summed E-state index contributed by atoms with van der Waals surface area (Å²) in [7, 11) is 0. The van der Waals surface area contributed by atoms with Crippen LogP contribution in [-0.4, -0.2) is 47.3 Å². The van der Waals surface area contributed by atoms with Crippen LogP contribution in [0.5, 0.6) is 0 Å². The lowest BCUT2D eigenvalue weighted by atomic mass is 10.2. The van der Waals surface area contributed by atoms with Gasteiger partial charge in [-0.3, -0.25) is 0 Å². The topological polar surface area (TPSA) is 80.5 Å². The van der Waals surface area contributed by atoms with Gasteiger partial charge < -0.3 is 19.5 Å². The molecule has 1 N–H and O–H groups in total. The number of morpholine rings is 1. The van der Waals surface area contributed by atoms with E-state index in [0.29, 0.717) is 38.0 Å². The molecule has 1 aliphatic rings. The molecule has 1 saturated heterocycles. The molecule has 1 atom stereocenters. The molecular weight excluding hydrogens is 284 g/mol. The van der Waals surface area contributed by atoms with Crippen molar-refractivity contribution in [3.63, 3.8) is 0 Å². The number of nitrogens with one attached hydrogen (secondary N) is 1. The Morgan fingerprint density at radius 3 is 3.00 bits per heavy atom. The highest BCUT2D eigenvalue weighted by Gasteiger charge is 2.28. The second-order valence-electron chi connectivity index (χ2n) is 4.96. The van der Waals surface area contributed by atoms with Gasteiger partial charge in [0.25, 0.3) is 5.89 Å². The predicted octanol–water partition coefficient (Wildman–Crippen LogP) is 1.84. The molecule has 7 heteroatoms.